The van der Waals surface area contributed by atoms with Crippen molar-refractivity contribution in [2.75, 3.05) is 0 Å². The van der Waals surface area contributed by atoms with E-state index in [0.29, 0.717) is 18.3 Å². The van der Waals surface area contributed by atoms with E-state index < -0.39 is 0 Å². The lowest BCUT2D eigenvalue weighted by molar-refractivity contribution is -0.143. The quantitative estimate of drug-likeness (QED) is 0.689. The number of rotatable bonds is 4. The number of imide groups is 1. The molecule has 0 aromatic heterocycles. The fraction of sp³-hybridized carbons (Fsp3) is 0.846. The van der Waals surface area contributed by atoms with Gasteiger partial charge in [-0.15, -0.1) is 0 Å². The van der Waals surface area contributed by atoms with Crippen LogP contribution in [0.3, 0.4) is 0 Å². The third-order valence-corrected chi connectivity index (χ3v) is 3.92. The molecule has 92 valence electrons. The summed E-state index contributed by atoms with van der Waals surface area (Å²) in [5.41, 5.74) is 0. The van der Waals surface area contributed by atoms with Crippen LogP contribution in [0.25, 0.3) is 0 Å². The third kappa shape index (κ3) is 2.28. The van der Waals surface area contributed by atoms with Crippen molar-refractivity contribution in [2.45, 2.75) is 53.5 Å². The number of hydrogen-bond acceptors (Lipinski definition) is 2. The molecular formula is C13H23NO2. The van der Waals surface area contributed by atoms with Gasteiger partial charge in [0.15, 0.2) is 0 Å². The highest BCUT2D eigenvalue weighted by Gasteiger charge is 2.43. The van der Waals surface area contributed by atoms with Crippen LogP contribution in [0.15, 0.2) is 0 Å². The Morgan fingerprint density at radius 1 is 1.25 bits per heavy atom. The molecule has 3 heteroatoms. The molecule has 0 saturated carbocycles. The number of likely N-dealkylation sites (tertiary alicyclic amines) is 1. The van der Waals surface area contributed by atoms with Gasteiger partial charge >= 0.3 is 0 Å². The van der Waals surface area contributed by atoms with E-state index in [1.54, 1.807) is 0 Å². The number of carbonyl (C=O) groups is 2. The van der Waals surface area contributed by atoms with Gasteiger partial charge < -0.3 is 0 Å². The minimum Gasteiger partial charge on any atom is -0.279 e. The van der Waals surface area contributed by atoms with Gasteiger partial charge in [-0.1, -0.05) is 34.1 Å². The van der Waals surface area contributed by atoms with E-state index in [1.807, 2.05) is 20.8 Å². The van der Waals surface area contributed by atoms with Crippen molar-refractivity contribution in [3.8, 4) is 0 Å². The van der Waals surface area contributed by atoms with E-state index in [9.17, 15) is 9.59 Å². The van der Waals surface area contributed by atoms with Crippen LogP contribution in [0.4, 0.5) is 0 Å². The molecular weight excluding hydrogens is 202 g/mol. The van der Waals surface area contributed by atoms with Crippen LogP contribution in [-0.2, 0) is 9.59 Å². The van der Waals surface area contributed by atoms with Crippen LogP contribution >= 0.6 is 0 Å². The molecule has 1 rings (SSSR count). The fourth-order valence-corrected chi connectivity index (χ4v) is 2.13. The SMILES string of the molecule is CCC(C)C1CC(=O)N(C(C)C(C)C)C1=O. The Kier molecular flexibility index (Phi) is 4.11. The number of amides is 2. The highest BCUT2D eigenvalue weighted by Crippen LogP contribution is 2.31. The van der Waals surface area contributed by atoms with E-state index in [1.165, 1.54) is 4.90 Å². The summed E-state index contributed by atoms with van der Waals surface area (Å²) in [6, 6.07) is 0.0223. The number of nitrogens with zero attached hydrogens (tertiary/aromatic N) is 1. The first-order valence-electron chi connectivity index (χ1n) is 6.26. The molecule has 0 N–H and O–H groups in total. The molecule has 1 saturated heterocycles. The van der Waals surface area contributed by atoms with E-state index in [2.05, 4.69) is 13.8 Å². The molecule has 0 aromatic carbocycles. The van der Waals surface area contributed by atoms with Crippen molar-refractivity contribution < 1.29 is 9.59 Å². The molecule has 1 heterocycles. The lowest BCUT2D eigenvalue weighted by Gasteiger charge is -2.26. The largest absolute Gasteiger partial charge is 0.279 e. The van der Waals surface area contributed by atoms with Gasteiger partial charge in [-0.2, -0.15) is 0 Å². The minimum atomic E-state index is -0.0845. The van der Waals surface area contributed by atoms with E-state index in [-0.39, 0.29) is 23.8 Å². The molecule has 0 radical (unpaired) electrons. The van der Waals surface area contributed by atoms with Gasteiger partial charge in [-0.25, -0.2) is 0 Å². The second-order valence-electron chi connectivity index (χ2n) is 5.28. The van der Waals surface area contributed by atoms with Crippen LogP contribution in [0.2, 0.25) is 0 Å². The average molecular weight is 225 g/mol. The van der Waals surface area contributed by atoms with Crippen molar-refractivity contribution in [1.82, 2.24) is 4.90 Å². The van der Waals surface area contributed by atoms with Gasteiger partial charge in [-0.3, -0.25) is 14.5 Å². The molecule has 0 aromatic rings. The van der Waals surface area contributed by atoms with Gasteiger partial charge in [0.1, 0.15) is 0 Å². The van der Waals surface area contributed by atoms with Crippen molar-refractivity contribution in [1.29, 1.82) is 0 Å². The Balaban J connectivity index is 2.83. The first-order chi connectivity index (χ1) is 7.40. The van der Waals surface area contributed by atoms with Gasteiger partial charge in [-0.05, 0) is 18.8 Å². The highest BCUT2D eigenvalue weighted by molar-refractivity contribution is 6.04. The van der Waals surface area contributed by atoms with Crippen LogP contribution in [-0.4, -0.2) is 22.8 Å². The maximum absolute atomic E-state index is 12.2. The summed E-state index contributed by atoms with van der Waals surface area (Å²) in [4.78, 5) is 25.5. The summed E-state index contributed by atoms with van der Waals surface area (Å²) >= 11 is 0. The zero-order valence-electron chi connectivity index (χ0n) is 11.0. The van der Waals surface area contributed by atoms with Crippen LogP contribution < -0.4 is 0 Å². The Hall–Kier alpha value is -0.860. The summed E-state index contributed by atoms with van der Waals surface area (Å²) in [6.45, 7) is 10.2. The molecule has 3 unspecified atom stereocenters. The van der Waals surface area contributed by atoms with E-state index in [4.69, 9.17) is 0 Å². The molecule has 0 spiro atoms. The second-order valence-corrected chi connectivity index (χ2v) is 5.28. The molecule has 1 aliphatic heterocycles. The maximum atomic E-state index is 12.2. The standard InChI is InChI=1S/C13H23NO2/c1-6-9(4)11-7-12(15)14(13(11)16)10(5)8(2)3/h8-11H,6-7H2,1-5H3. The summed E-state index contributed by atoms with van der Waals surface area (Å²) in [5, 5.41) is 0. The second kappa shape index (κ2) is 4.98. The predicted octanol–water partition coefficient (Wildman–Crippen LogP) is 2.45. The Morgan fingerprint density at radius 3 is 2.25 bits per heavy atom. The first kappa shape index (κ1) is 13.2. The molecule has 3 nitrogen and oxygen atoms in total. The van der Waals surface area contributed by atoms with Crippen LogP contribution in [0.1, 0.15) is 47.5 Å². The Labute approximate surface area is 98.2 Å². The summed E-state index contributed by atoms with van der Waals surface area (Å²) in [7, 11) is 0. The van der Waals surface area contributed by atoms with Gasteiger partial charge in [0, 0.05) is 18.4 Å². The molecule has 1 aliphatic rings. The zero-order chi connectivity index (χ0) is 12.5. The minimum absolute atomic E-state index is 0.0106. The molecule has 0 aliphatic carbocycles. The highest BCUT2D eigenvalue weighted by atomic mass is 16.2. The van der Waals surface area contributed by atoms with E-state index >= 15 is 0 Å². The Morgan fingerprint density at radius 2 is 1.81 bits per heavy atom. The first-order valence-corrected chi connectivity index (χ1v) is 6.26. The molecule has 0 bridgehead atoms. The molecule has 2 amide bonds. The summed E-state index contributed by atoms with van der Waals surface area (Å²) in [6.07, 6.45) is 1.36. The van der Waals surface area contributed by atoms with Crippen molar-refractivity contribution >= 4 is 11.8 Å². The van der Waals surface area contributed by atoms with E-state index in [0.717, 1.165) is 6.42 Å². The summed E-state index contributed by atoms with van der Waals surface area (Å²) in [5.74, 6) is 0.597. The normalized spacial score (nSPS) is 25.4. The fourth-order valence-electron chi connectivity index (χ4n) is 2.13. The number of hydrogen-bond donors (Lipinski definition) is 0. The van der Waals surface area contributed by atoms with Gasteiger partial charge in [0.25, 0.3) is 0 Å². The molecule has 1 fully saturated rings. The summed E-state index contributed by atoms with van der Waals surface area (Å²) < 4.78 is 0. The predicted molar refractivity (Wildman–Crippen MR) is 63.7 cm³/mol. The monoisotopic (exact) mass is 225 g/mol. The molecule has 16 heavy (non-hydrogen) atoms. The topological polar surface area (TPSA) is 37.4 Å². The van der Waals surface area contributed by atoms with Gasteiger partial charge in [0.05, 0.1) is 0 Å². The maximum Gasteiger partial charge on any atom is 0.233 e. The van der Waals surface area contributed by atoms with Crippen molar-refractivity contribution in [3.63, 3.8) is 0 Å². The van der Waals surface area contributed by atoms with Crippen LogP contribution in [0.5, 0.6) is 0 Å². The Bertz CT molecular complexity index is 286. The number of carbonyl (C=O) groups excluding carboxylic acids is 2. The smallest absolute Gasteiger partial charge is 0.233 e. The lowest BCUT2D eigenvalue weighted by Crippen LogP contribution is -2.41. The van der Waals surface area contributed by atoms with Crippen molar-refractivity contribution in [2.24, 2.45) is 17.8 Å². The average Bonchev–Trinajstić information content (AvgIpc) is 2.52. The third-order valence-electron chi connectivity index (χ3n) is 3.92. The van der Waals surface area contributed by atoms with Crippen LogP contribution in [0, 0.1) is 17.8 Å². The van der Waals surface area contributed by atoms with Crippen molar-refractivity contribution in [3.05, 3.63) is 0 Å². The molecule has 3 atom stereocenters. The van der Waals surface area contributed by atoms with Gasteiger partial charge in [0.2, 0.25) is 11.8 Å². The zero-order valence-corrected chi connectivity index (χ0v) is 11.0. The lowest BCUT2D eigenvalue weighted by atomic mass is 9.90.